The number of fused-ring (bicyclic) bond motifs is 1. The molecule has 24 heavy (non-hydrogen) atoms. The van der Waals surface area contributed by atoms with Gasteiger partial charge < -0.3 is 24.4 Å². The van der Waals surface area contributed by atoms with E-state index < -0.39 is 42.1 Å². The summed E-state index contributed by atoms with van der Waals surface area (Å²) < 4.78 is 15.9. The molecule has 8 nitrogen and oxygen atoms in total. The smallest absolute Gasteiger partial charge is 0.408 e. The number of hydrogen-bond donors (Lipinski definition) is 1. The molecule has 0 radical (unpaired) electrons. The molecule has 0 aromatic carbocycles. The summed E-state index contributed by atoms with van der Waals surface area (Å²) in [5.74, 6) is -0.818. The van der Waals surface area contributed by atoms with Crippen LogP contribution in [-0.4, -0.2) is 60.0 Å². The minimum absolute atomic E-state index is 0.347. The SMILES string of the molecule is COC(=O)[C@@H]1CCC[C@@H]2O[C@H](C)[C@H](NC(=O)OC(C)(C)C)C(=O)N21. The van der Waals surface area contributed by atoms with Crippen LogP contribution in [0.25, 0.3) is 0 Å². The van der Waals surface area contributed by atoms with E-state index in [9.17, 15) is 14.4 Å². The molecule has 0 bridgehead atoms. The zero-order chi connectivity index (χ0) is 18.1. The standard InChI is InChI=1S/C16H26N2O6/c1-9-12(17-15(21)24-16(2,3)4)13(19)18-10(14(20)22-5)7-6-8-11(18)23-9/h9-12H,6-8H2,1-5H3,(H,17,21)/t9-,10+,11+,12+/m1/s1. The highest BCUT2D eigenvalue weighted by molar-refractivity contribution is 5.91. The van der Waals surface area contributed by atoms with E-state index in [2.05, 4.69) is 5.32 Å². The van der Waals surface area contributed by atoms with Crippen LogP contribution in [0.3, 0.4) is 0 Å². The van der Waals surface area contributed by atoms with Gasteiger partial charge in [-0.15, -0.1) is 0 Å². The summed E-state index contributed by atoms with van der Waals surface area (Å²) in [7, 11) is 1.29. The van der Waals surface area contributed by atoms with E-state index >= 15 is 0 Å². The number of rotatable bonds is 2. The Kier molecular flexibility index (Phi) is 5.37. The molecule has 1 N–H and O–H groups in total. The van der Waals surface area contributed by atoms with Crippen molar-refractivity contribution >= 4 is 18.0 Å². The van der Waals surface area contributed by atoms with Crippen molar-refractivity contribution in [3.05, 3.63) is 0 Å². The highest BCUT2D eigenvalue weighted by Gasteiger charge is 2.48. The van der Waals surface area contributed by atoms with Gasteiger partial charge in [-0.3, -0.25) is 4.79 Å². The molecule has 0 spiro atoms. The third-order valence-corrected chi connectivity index (χ3v) is 4.08. The van der Waals surface area contributed by atoms with Crippen LogP contribution in [0.1, 0.15) is 47.0 Å². The Morgan fingerprint density at radius 3 is 2.54 bits per heavy atom. The molecule has 2 saturated heterocycles. The van der Waals surface area contributed by atoms with Crippen molar-refractivity contribution in [2.24, 2.45) is 0 Å². The van der Waals surface area contributed by atoms with Gasteiger partial charge in [-0.2, -0.15) is 0 Å². The summed E-state index contributed by atoms with van der Waals surface area (Å²) in [6, 6.07) is -1.59. The number of nitrogens with one attached hydrogen (secondary N) is 1. The van der Waals surface area contributed by atoms with Crippen LogP contribution in [0.15, 0.2) is 0 Å². The number of ether oxygens (including phenoxy) is 3. The summed E-state index contributed by atoms with van der Waals surface area (Å²) >= 11 is 0. The van der Waals surface area contributed by atoms with Crippen molar-refractivity contribution in [1.29, 1.82) is 0 Å². The van der Waals surface area contributed by atoms with Crippen molar-refractivity contribution in [3.8, 4) is 0 Å². The van der Waals surface area contributed by atoms with E-state index in [1.54, 1.807) is 27.7 Å². The van der Waals surface area contributed by atoms with Crippen LogP contribution >= 0.6 is 0 Å². The molecule has 0 saturated carbocycles. The normalized spacial score (nSPS) is 30.4. The number of methoxy groups -OCH3 is 1. The van der Waals surface area contributed by atoms with Gasteiger partial charge in [0.2, 0.25) is 0 Å². The lowest BCUT2D eigenvalue weighted by Gasteiger charge is -2.47. The molecule has 4 atom stereocenters. The molecule has 0 aliphatic carbocycles. The van der Waals surface area contributed by atoms with Crippen LogP contribution in [0, 0.1) is 0 Å². The molecule has 0 aromatic rings. The third-order valence-electron chi connectivity index (χ3n) is 4.08. The highest BCUT2D eigenvalue weighted by Crippen LogP contribution is 2.30. The molecule has 2 rings (SSSR count). The maximum absolute atomic E-state index is 12.9. The van der Waals surface area contributed by atoms with Gasteiger partial charge in [-0.05, 0) is 47.0 Å². The van der Waals surface area contributed by atoms with Gasteiger partial charge in [0.1, 0.15) is 23.9 Å². The summed E-state index contributed by atoms with van der Waals surface area (Å²) in [4.78, 5) is 38.3. The first-order valence-corrected chi connectivity index (χ1v) is 8.19. The first kappa shape index (κ1) is 18.5. The lowest BCUT2D eigenvalue weighted by molar-refractivity contribution is -0.200. The number of hydrogen-bond acceptors (Lipinski definition) is 6. The number of nitrogens with zero attached hydrogens (tertiary/aromatic N) is 1. The number of amides is 2. The number of esters is 1. The third kappa shape index (κ3) is 3.98. The predicted molar refractivity (Wildman–Crippen MR) is 84.0 cm³/mol. The van der Waals surface area contributed by atoms with E-state index in [0.717, 1.165) is 6.42 Å². The molecule has 136 valence electrons. The Labute approximate surface area is 141 Å². The number of piperidine rings is 1. The van der Waals surface area contributed by atoms with Crippen molar-refractivity contribution in [2.45, 2.75) is 77.0 Å². The van der Waals surface area contributed by atoms with E-state index in [4.69, 9.17) is 14.2 Å². The van der Waals surface area contributed by atoms with Crippen LogP contribution < -0.4 is 5.32 Å². The Morgan fingerprint density at radius 1 is 1.29 bits per heavy atom. The van der Waals surface area contributed by atoms with Crippen LogP contribution in [0.5, 0.6) is 0 Å². The Morgan fingerprint density at radius 2 is 1.96 bits per heavy atom. The largest absolute Gasteiger partial charge is 0.467 e. The van der Waals surface area contributed by atoms with Gasteiger partial charge in [-0.25, -0.2) is 9.59 Å². The lowest BCUT2D eigenvalue weighted by Crippen LogP contribution is -2.67. The molecule has 2 aliphatic rings. The van der Waals surface area contributed by atoms with Crippen molar-refractivity contribution in [3.63, 3.8) is 0 Å². The number of carbonyl (C=O) groups is 3. The topological polar surface area (TPSA) is 94.2 Å². The Balaban J connectivity index is 2.14. The van der Waals surface area contributed by atoms with Gasteiger partial charge in [0, 0.05) is 0 Å². The zero-order valence-corrected chi connectivity index (χ0v) is 14.8. The molecule has 2 fully saturated rings. The minimum atomic E-state index is -0.902. The average molecular weight is 342 g/mol. The molecule has 2 amide bonds. The molecule has 0 aromatic heterocycles. The van der Waals surface area contributed by atoms with Crippen molar-refractivity contribution in [2.75, 3.05) is 7.11 Å². The lowest BCUT2D eigenvalue weighted by atomic mass is 9.96. The van der Waals surface area contributed by atoms with E-state index in [1.165, 1.54) is 12.0 Å². The maximum Gasteiger partial charge on any atom is 0.408 e. The van der Waals surface area contributed by atoms with Gasteiger partial charge in [-0.1, -0.05) is 0 Å². The molecule has 2 aliphatic heterocycles. The predicted octanol–water partition coefficient (Wildman–Crippen LogP) is 1.18. The zero-order valence-electron chi connectivity index (χ0n) is 14.8. The molecular weight excluding hydrogens is 316 g/mol. The summed E-state index contributed by atoms with van der Waals surface area (Å²) in [5.41, 5.74) is -0.673. The molecular formula is C16H26N2O6. The Hall–Kier alpha value is -1.83. The first-order valence-electron chi connectivity index (χ1n) is 8.19. The molecule has 0 unspecified atom stereocenters. The quantitative estimate of drug-likeness (QED) is 0.757. The second-order valence-electron chi connectivity index (χ2n) is 7.14. The first-order chi connectivity index (χ1) is 11.1. The minimum Gasteiger partial charge on any atom is -0.467 e. The summed E-state index contributed by atoms with van der Waals surface area (Å²) in [6.07, 6.45) is 0.269. The molecule has 8 heteroatoms. The fourth-order valence-corrected chi connectivity index (χ4v) is 3.06. The Bertz CT molecular complexity index is 515. The van der Waals surface area contributed by atoms with Crippen LogP contribution in [0.2, 0.25) is 0 Å². The second kappa shape index (κ2) is 6.96. The van der Waals surface area contributed by atoms with Crippen LogP contribution in [0.4, 0.5) is 4.79 Å². The van der Waals surface area contributed by atoms with Crippen molar-refractivity contribution in [1.82, 2.24) is 10.2 Å². The number of alkyl carbamates (subject to hydrolysis) is 1. The number of carbonyl (C=O) groups excluding carboxylic acids is 3. The fraction of sp³-hybridized carbons (Fsp3) is 0.812. The van der Waals surface area contributed by atoms with Gasteiger partial charge in [0.05, 0.1) is 13.2 Å². The maximum atomic E-state index is 12.9. The molecule has 2 heterocycles. The van der Waals surface area contributed by atoms with Gasteiger partial charge in [0.15, 0.2) is 0 Å². The van der Waals surface area contributed by atoms with E-state index in [1.807, 2.05) is 0 Å². The average Bonchev–Trinajstić information content (AvgIpc) is 2.48. The monoisotopic (exact) mass is 342 g/mol. The van der Waals surface area contributed by atoms with Gasteiger partial charge in [0.25, 0.3) is 5.91 Å². The highest BCUT2D eigenvalue weighted by atomic mass is 16.6. The fourth-order valence-electron chi connectivity index (χ4n) is 3.06. The van der Waals surface area contributed by atoms with Crippen molar-refractivity contribution < 1.29 is 28.6 Å². The van der Waals surface area contributed by atoms with E-state index in [-0.39, 0.29) is 5.91 Å². The van der Waals surface area contributed by atoms with Crippen LogP contribution in [-0.2, 0) is 23.8 Å². The summed E-state index contributed by atoms with van der Waals surface area (Å²) in [6.45, 7) is 6.94. The van der Waals surface area contributed by atoms with E-state index in [0.29, 0.717) is 12.8 Å². The second-order valence-corrected chi connectivity index (χ2v) is 7.14. The summed E-state index contributed by atoms with van der Waals surface area (Å²) in [5, 5.41) is 2.56. The van der Waals surface area contributed by atoms with Gasteiger partial charge >= 0.3 is 12.1 Å².